The Morgan fingerprint density at radius 2 is 1.92 bits per heavy atom. The molecule has 1 aromatic carbocycles. The van der Waals surface area contributed by atoms with Crippen molar-refractivity contribution in [1.82, 2.24) is 14.5 Å². The van der Waals surface area contributed by atoms with Crippen molar-refractivity contribution in [3.8, 4) is 23.0 Å². The van der Waals surface area contributed by atoms with Crippen molar-refractivity contribution in [2.45, 2.75) is 13.5 Å². The predicted octanol–water partition coefficient (Wildman–Crippen LogP) is 3.11. The lowest BCUT2D eigenvalue weighted by atomic mass is 10.1. The quantitative estimate of drug-likeness (QED) is 0.785. The van der Waals surface area contributed by atoms with E-state index in [0.717, 1.165) is 16.6 Å². The van der Waals surface area contributed by atoms with Gasteiger partial charge in [0.2, 0.25) is 5.88 Å². The molecule has 2 aromatic heterocycles. The Labute approximate surface area is 144 Å². The first-order chi connectivity index (χ1) is 11.5. The summed E-state index contributed by atoms with van der Waals surface area (Å²) in [5.74, 6) is 1.72. The fraction of sp³-hybridized carbons (Fsp3) is 0.294. The number of benzene rings is 1. The van der Waals surface area contributed by atoms with Gasteiger partial charge in [-0.25, -0.2) is 4.98 Å². The number of fused-ring (bicyclic) bond motifs is 1. The highest BCUT2D eigenvalue weighted by atomic mass is 35.5. The monoisotopic (exact) mass is 347 g/mol. The average Bonchev–Trinajstić information content (AvgIpc) is 2.88. The van der Waals surface area contributed by atoms with Gasteiger partial charge < -0.3 is 19.1 Å². The molecule has 0 fully saturated rings. The van der Waals surface area contributed by atoms with E-state index < -0.39 is 0 Å². The second-order valence-electron chi connectivity index (χ2n) is 5.45. The number of methoxy groups -OCH3 is 2. The molecule has 0 atom stereocenters. The van der Waals surface area contributed by atoms with Crippen LogP contribution in [0.4, 0.5) is 0 Å². The molecule has 0 radical (unpaired) electrons. The van der Waals surface area contributed by atoms with E-state index in [1.165, 1.54) is 7.11 Å². The van der Waals surface area contributed by atoms with Crippen LogP contribution in [0.15, 0.2) is 18.2 Å². The molecule has 0 aliphatic rings. The van der Waals surface area contributed by atoms with Gasteiger partial charge in [-0.05, 0) is 30.7 Å². The predicted molar refractivity (Wildman–Crippen MR) is 92.7 cm³/mol. The minimum Gasteiger partial charge on any atom is -0.496 e. The number of ether oxygens (including phenoxy) is 2. The summed E-state index contributed by atoms with van der Waals surface area (Å²) >= 11 is 6.12. The first-order valence-corrected chi connectivity index (χ1v) is 7.73. The zero-order valence-corrected chi connectivity index (χ0v) is 14.7. The lowest BCUT2D eigenvalue weighted by Crippen LogP contribution is -1.99. The Hall–Kier alpha value is -2.31. The maximum Gasteiger partial charge on any atom is 0.220 e. The van der Waals surface area contributed by atoms with Gasteiger partial charge in [0.05, 0.1) is 31.9 Å². The van der Waals surface area contributed by atoms with Crippen molar-refractivity contribution >= 4 is 22.8 Å². The number of aliphatic hydroxyl groups excluding tert-OH is 1. The van der Waals surface area contributed by atoms with E-state index in [1.54, 1.807) is 13.2 Å². The Bertz CT molecular complexity index is 921. The maximum atomic E-state index is 9.50. The van der Waals surface area contributed by atoms with Crippen molar-refractivity contribution < 1.29 is 14.6 Å². The van der Waals surface area contributed by atoms with Crippen LogP contribution < -0.4 is 9.47 Å². The number of nitrogens with zero attached hydrogens (tertiary/aromatic N) is 3. The highest BCUT2D eigenvalue weighted by molar-refractivity contribution is 6.31. The van der Waals surface area contributed by atoms with E-state index in [2.05, 4.69) is 9.97 Å². The lowest BCUT2D eigenvalue weighted by Gasteiger charge is -2.12. The van der Waals surface area contributed by atoms with Gasteiger partial charge in [0, 0.05) is 17.6 Å². The highest BCUT2D eigenvalue weighted by Crippen LogP contribution is 2.36. The molecule has 126 valence electrons. The van der Waals surface area contributed by atoms with Gasteiger partial charge in [-0.2, -0.15) is 4.98 Å². The van der Waals surface area contributed by atoms with Gasteiger partial charge in [0.15, 0.2) is 5.65 Å². The van der Waals surface area contributed by atoms with Gasteiger partial charge in [-0.1, -0.05) is 11.6 Å². The van der Waals surface area contributed by atoms with Crippen LogP contribution in [0, 0.1) is 6.92 Å². The van der Waals surface area contributed by atoms with Crippen molar-refractivity contribution in [3.05, 3.63) is 34.3 Å². The van der Waals surface area contributed by atoms with Crippen LogP contribution in [0.5, 0.6) is 11.6 Å². The largest absolute Gasteiger partial charge is 0.496 e. The number of pyridine rings is 1. The molecule has 0 bridgehead atoms. The summed E-state index contributed by atoms with van der Waals surface area (Å²) in [7, 11) is 5.01. The van der Waals surface area contributed by atoms with Crippen molar-refractivity contribution in [2.75, 3.05) is 14.2 Å². The minimum atomic E-state index is -0.157. The second-order valence-corrected chi connectivity index (χ2v) is 5.89. The van der Waals surface area contributed by atoms with E-state index in [-0.39, 0.29) is 6.61 Å². The Kier molecular flexibility index (Phi) is 4.34. The van der Waals surface area contributed by atoms with Gasteiger partial charge in [-0.3, -0.25) is 0 Å². The van der Waals surface area contributed by atoms with Crippen LogP contribution in [-0.2, 0) is 13.7 Å². The topological polar surface area (TPSA) is 69.4 Å². The SMILES string of the molecule is COc1cc(Cl)cc(C)c1-c1nc2nc(OC)c(CO)cc2n1C. The van der Waals surface area contributed by atoms with E-state index in [1.807, 2.05) is 30.7 Å². The summed E-state index contributed by atoms with van der Waals surface area (Å²) in [6.07, 6.45) is 0. The Balaban J connectivity index is 2.31. The summed E-state index contributed by atoms with van der Waals surface area (Å²) in [6, 6.07) is 5.46. The molecular weight excluding hydrogens is 330 g/mol. The highest BCUT2D eigenvalue weighted by Gasteiger charge is 2.19. The van der Waals surface area contributed by atoms with E-state index in [4.69, 9.17) is 21.1 Å². The third-order valence-electron chi connectivity index (χ3n) is 3.98. The molecule has 2 heterocycles. The number of imidazole rings is 1. The second kappa shape index (κ2) is 6.30. The summed E-state index contributed by atoms with van der Waals surface area (Å²) < 4.78 is 12.6. The van der Waals surface area contributed by atoms with E-state index in [0.29, 0.717) is 33.7 Å². The van der Waals surface area contributed by atoms with Crippen molar-refractivity contribution in [3.63, 3.8) is 0 Å². The molecule has 0 spiro atoms. The van der Waals surface area contributed by atoms with Gasteiger partial charge >= 0.3 is 0 Å². The number of hydrogen-bond acceptors (Lipinski definition) is 5. The van der Waals surface area contributed by atoms with Crippen LogP contribution in [0.3, 0.4) is 0 Å². The molecule has 0 saturated heterocycles. The Morgan fingerprint density at radius 3 is 2.54 bits per heavy atom. The number of hydrogen-bond donors (Lipinski definition) is 1. The smallest absolute Gasteiger partial charge is 0.220 e. The normalized spacial score (nSPS) is 11.1. The van der Waals surface area contributed by atoms with Crippen molar-refractivity contribution in [1.29, 1.82) is 0 Å². The van der Waals surface area contributed by atoms with Crippen molar-refractivity contribution in [2.24, 2.45) is 7.05 Å². The Morgan fingerprint density at radius 1 is 1.17 bits per heavy atom. The molecule has 0 unspecified atom stereocenters. The third kappa shape index (κ3) is 2.57. The fourth-order valence-corrected chi connectivity index (χ4v) is 3.07. The third-order valence-corrected chi connectivity index (χ3v) is 4.20. The molecule has 0 amide bonds. The van der Waals surface area contributed by atoms with E-state index in [9.17, 15) is 5.11 Å². The first kappa shape index (κ1) is 16.5. The maximum absolute atomic E-state index is 9.50. The molecule has 7 heteroatoms. The standard InChI is InChI=1S/C17H18ClN3O3/c1-9-5-11(18)7-13(23-3)14(9)16-19-15-12(21(16)2)6-10(8-22)17(20-15)24-4/h5-7,22H,8H2,1-4H3. The van der Waals surface area contributed by atoms with E-state index >= 15 is 0 Å². The first-order valence-electron chi connectivity index (χ1n) is 7.35. The van der Waals surface area contributed by atoms with Crippen LogP contribution >= 0.6 is 11.6 Å². The molecular formula is C17H18ClN3O3. The molecule has 3 rings (SSSR count). The zero-order chi connectivity index (χ0) is 17.4. The van der Waals surface area contributed by atoms with Crippen LogP contribution in [0.2, 0.25) is 5.02 Å². The molecule has 6 nitrogen and oxygen atoms in total. The average molecular weight is 348 g/mol. The summed E-state index contributed by atoms with van der Waals surface area (Å²) in [4.78, 5) is 9.03. The van der Waals surface area contributed by atoms with Gasteiger partial charge in [0.1, 0.15) is 11.6 Å². The summed E-state index contributed by atoms with van der Waals surface area (Å²) in [6.45, 7) is 1.80. The van der Waals surface area contributed by atoms with Gasteiger partial charge in [-0.15, -0.1) is 0 Å². The number of aliphatic hydroxyl groups is 1. The molecule has 3 aromatic rings. The van der Waals surface area contributed by atoms with Gasteiger partial charge in [0.25, 0.3) is 0 Å². The number of aryl methyl sites for hydroxylation is 2. The van der Waals surface area contributed by atoms with Crippen LogP contribution in [0.1, 0.15) is 11.1 Å². The summed E-state index contributed by atoms with van der Waals surface area (Å²) in [5, 5.41) is 10.1. The molecule has 1 N–H and O–H groups in total. The number of halogens is 1. The zero-order valence-electron chi connectivity index (χ0n) is 13.9. The molecule has 24 heavy (non-hydrogen) atoms. The number of aromatic nitrogens is 3. The molecule has 0 aliphatic heterocycles. The van der Waals surface area contributed by atoms with Crippen LogP contribution in [-0.4, -0.2) is 33.9 Å². The molecule has 0 aliphatic carbocycles. The molecule has 0 saturated carbocycles. The summed E-state index contributed by atoms with van der Waals surface area (Å²) in [5.41, 5.74) is 3.75. The number of rotatable bonds is 4. The minimum absolute atomic E-state index is 0.157. The lowest BCUT2D eigenvalue weighted by molar-refractivity contribution is 0.272. The fourth-order valence-electron chi connectivity index (χ4n) is 2.81. The van der Waals surface area contributed by atoms with Crippen LogP contribution in [0.25, 0.3) is 22.6 Å².